The maximum Gasteiger partial charge on any atom is 0.267 e. The number of nitrogens with zero attached hydrogens (tertiary/aromatic N) is 1. The van der Waals surface area contributed by atoms with Gasteiger partial charge in [-0.1, -0.05) is 36.7 Å². The Morgan fingerprint density at radius 3 is 2.48 bits per heavy atom. The van der Waals surface area contributed by atoms with Crippen molar-refractivity contribution in [2.45, 2.75) is 40.0 Å². The quantitative estimate of drug-likeness (QED) is 0.786. The summed E-state index contributed by atoms with van der Waals surface area (Å²) in [5, 5.41) is 3.92. The van der Waals surface area contributed by atoms with Crippen LogP contribution >= 0.6 is 27.3 Å². The number of hydrogen-bond donors (Lipinski definition) is 1. The van der Waals surface area contributed by atoms with Crippen LogP contribution in [0.5, 0.6) is 5.75 Å². The van der Waals surface area contributed by atoms with Crippen molar-refractivity contribution >= 4 is 38.9 Å². The molecule has 0 saturated carbocycles. The molecule has 23 heavy (non-hydrogen) atoms. The molecule has 1 aromatic carbocycles. The first kappa shape index (κ1) is 17.9. The van der Waals surface area contributed by atoms with Crippen molar-refractivity contribution in [3.05, 3.63) is 37.7 Å². The van der Waals surface area contributed by atoms with Gasteiger partial charge in [0.2, 0.25) is 0 Å². The van der Waals surface area contributed by atoms with Gasteiger partial charge in [-0.2, -0.15) is 0 Å². The second-order valence-corrected chi connectivity index (χ2v) is 8.35. The molecule has 6 heteroatoms. The van der Waals surface area contributed by atoms with Gasteiger partial charge in [0, 0.05) is 9.89 Å². The number of hydrogen-bond acceptors (Lipinski definition) is 4. The molecule has 0 radical (unpaired) electrons. The fourth-order valence-electron chi connectivity index (χ4n) is 2.13. The molecule has 0 saturated heterocycles. The number of methoxy groups -OCH3 is 1. The number of rotatable bonds is 3. The summed E-state index contributed by atoms with van der Waals surface area (Å²) in [7, 11) is 1.59. The van der Waals surface area contributed by atoms with Crippen LogP contribution in [0.3, 0.4) is 0 Å². The highest BCUT2D eigenvalue weighted by molar-refractivity contribution is 9.10. The lowest BCUT2D eigenvalue weighted by Gasteiger charge is -2.14. The Hall–Kier alpha value is -1.40. The van der Waals surface area contributed by atoms with Crippen LogP contribution in [0.1, 0.15) is 46.7 Å². The second-order valence-electron chi connectivity index (χ2n) is 6.44. The second kappa shape index (κ2) is 6.61. The van der Waals surface area contributed by atoms with E-state index in [9.17, 15) is 4.79 Å². The minimum atomic E-state index is -0.153. The van der Waals surface area contributed by atoms with Crippen molar-refractivity contribution in [1.82, 2.24) is 4.98 Å². The summed E-state index contributed by atoms with van der Waals surface area (Å²) >= 11 is 4.88. The molecular weight excluding hydrogens is 376 g/mol. The molecule has 0 fully saturated rings. The summed E-state index contributed by atoms with van der Waals surface area (Å²) in [4.78, 5) is 17.9. The predicted molar refractivity (Wildman–Crippen MR) is 98.9 cm³/mol. The van der Waals surface area contributed by atoms with E-state index in [4.69, 9.17) is 4.74 Å². The minimum Gasteiger partial charge on any atom is -0.495 e. The molecule has 2 rings (SSSR count). The number of carbonyl (C=O) groups excluding carboxylic acids is 1. The average Bonchev–Trinajstić information content (AvgIpc) is 2.83. The van der Waals surface area contributed by atoms with Crippen LogP contribution < -0.4 is 10.1 Å². The van der Waals surface area contributed by atoms with E-state index in [-0.39, 0.29) is 11.3 Å². The van der Waals surface area contributed by atoms with Gasteiger partial charge < -0.3 is 10.1 Å². The lowest BCUT2D eigenvalue weighted by molar-refractivity contribution is 0.102. The van der Waals surface area contributed by atoms with Crippen LogP contribution in [-0.2, 0) is 5.41 Å². The number of halogens is 1. The first-order chi connectivity index (χ1) is 10.6. The third kappa shape index (κ3) is 3.93. The number of benzene rings is 1. The third-order valence-corrected chi connectivity index (χ3v) is 5.41. The fourth-order valence-corrected chi connectivity index (χ4v) is 3.70. The van der Waals surface area contributed by atoms with Crippen LogP contribution in [0.4, 0.5) is 5.69 Å². The van der Waals surface area contributed by atoms with Gasteiger partial charge in [0.1, 0.15) is 10.6 Å². The van der Waals surface area contributed by atoms with Crippen LogP contribution in [0.2, 0.25) is 0 Å². The first-order valence-electron chi connectivity index (χ1n) is 7.27. The smallest absolute Gasteiger partial charge is 0.267 e. The molecule has 0 aliphatic heterocycles. The summed E-state index contributed by atoms with van der Waals surface area (Å²) in [5.41, 5.74) is 2.30. The Balaban J connectivity index is 2.36. The molecular formula is C17H21BrN2O2S. The van der Waals surface area contributed by atoms with E-state index in [0.717, 1.165) is 20.7 Å². The van der Waals surface area contributed by atoms with Crippen molar-refractivity contribution in [2.24, 2.45) is 0 Å². The number of nitrogens with one attached hydrogen (secondary N) is 1. The zero-order chi connectivity index (χ0) is 17.4. The number of amides is 1. The Kier molecular flexibility index (Phi) is 5.16. The van der Waals surface area contributed by atoms with E-state index >= 15 is 0 Å². The molecule has 0 atom stereocenters. The molecule has 0 unspecified atom stereocenters. The summed E-state index contributed by atoms with van der Waals surface area (Å²) in [6.45, 7) is 10.1. The number of ether oxygens (including phenoxy) is 1. The van der Waals surface area contributed by atoms with Crippen molar-refractivity contribution in [3.63, 3.8) is 0 Å². The van der Waals surface area contributed by atoms with Gasteiger partial charge in [0.05, 0.1) is 23.5 Å². The molecule has 0 aliphatic rings. The first-order valence-corrected chi connectivity index (χ1v) is 8.88. The molecule has 124 valence electrons. The molecule has 1 N–H and O–H groups in total. The van der Waals surface area contributed by atoms with Crippen molar-refractivity contribution in [2.75, 3.05) is 12.4 Å². The summed E-state index contributed by atoms with van der Waals surface area (Å²) in [5.74, 6) is 0.475. The van der Waals surface area contributed by atoms with E-state index in [0.29, 0.717) is 16.3 Å². The summed E-state index contributed by atoms with van der Waals surface area (Å²) in [6, 6.07) is 3.78. The Morgan fingerprint density at radius 2 is 1.96 bits per heavy atom. The maximum absolute atomic E-state index is 12.7. The van der Waals surface area contributed by atoms with E-state index in [1.165, 1.54) is 11.3 Å². The molecule has 0 aliphatic carbocycles. The number of carbonyl (C=O) groups is 1. The molecule has 0 bridgehead atoms. The van der Waals surface area contributed by atoms with Gasteiger partial charge in [-0.05, 0) is 31.5 Å². The standard InChI is InChI=1S/C17H21BrN2O2S/c1-9-7-11(18)8-12(22-6)13(9)20-15(21)14-10(2)19-16(23-14)17(3,4)5/h7-8H,1-6H3,(H,20,21). The minimum absolute atomic E-state index is 0.0703. The van der Waals surface area contributed by atoms with E-state index < -0.39 is 0 Å². The van der Waals surface area contributed by atoms with Gasteiger partial charge in [0.25, 0.3) is 5.91 Å². The van der Waals surface area contributed by atoms with Gasteiger partial charge in [-0.3, -0.25) is 4.79 Å². The van der Waals surface area contributed by atoms with Gasteiger partial charge in [-0.15, -0.1) is 11.3 Å². The molecule has 2 aromatic rings. The fraction of sp³-hybridized carbons (Fsp3) is 0.412. The molecule has 1 amide bonds. The van der Waals surface area contributed by atoms with Gasteiger partial charge in [0.15, 0.2) is 0 Å². The van der Waals surface area contributed by atoms with E-state index in [2.05, 4.69) is 47.0 Å². The molecule has 0 spiro atoms. The van der Waals surface area contributed by atoms with Gasteiger partial charge in [-0.25, -0.2) is 4.98 Å². The van der Waals surface area contributed by atoms with Crippen molar-refractivity contribution in [1.29, 1.82) is 0 Å². The number of aryl methyl sites for hydroxylation is 2. The number of anilines is 1. The van der Waals surface area contributed by atoms with E-state index in [1.54, 1.807) is 7.11 Å². The topological polar surface area (TPSA) is 51.2 Å². The molecule has 4 nitrogen and oxygen atoms in total. The van der Waals surface area contributed by atoms with Gasteiger partial charge >= 0.3 is 0 Å². The average molecular weight is 397 g/mol. The number of aromatic nitrogens is 1. The Bertz CT molecular complexity index is 748. The van der Waals surface area contributed by atoms with E-state index in [1.807, 2.05) is 26.0 Å². The monoisotopic (exact) mass is 396 g/mol. The third-order valence-electron chi connectivity index (χ3n) is 3.37. The lowest BCUT2D eigenvalue weighted by Crippen LogP contribution is -2.13. The zero-order valence-corrected chi connectivity index (χ0v) is 16.6. The predicted octanol–water partition coefficient (Wildman–Crippen LogP) is 5.08. The Morgan fingerprint density at radius 1 is 1.30 bits per heavy atom. The maximum atomic E-state index is 12.7. The highest BCUT2D eigenvalue weighted by Crippen LogP contribution is 2.34. The Labute approximate surface area is 149 Å². The highest BCUT2D eigenvalue weighted by atomic mass is 79.9. The lowest BCUT2D eigenvalue weighted by atomic mass is 9.98. The molecule has 1 aromatic heterocycles. The largest absolute Gasteiger partial charge is 0.495 e. The van der Waals surface area contributed by atoms with Crippen LogP contribution in [-0.4, -0.2) is 18.0 Å². The summed E-state index contributed by atoms with van der Waals surface area (Å²) < 4.78 is 6.29. The highest BCUT2D eigenvalue weighted by Gasteiger charge is 2.24. The molecule has 1 heterocycles. The zero-order valence-electron chi connectivity index (χ0n) is 14.2. The van der Waals surface area contributed by atoms with Crippen LogP contribution in [0, 0.1) is 13.8 Å². The van der Waals surface area contributed by atoms with Crippen LogP contribution in [0.25, 0.3) is 0 Å². The SMILES string of the molecule is COc1cc(Br)cc(C)c1NC(=O)c1sc(C(C)(C)C)nc1C. The normalized spacial score (nSPS) is 11.4. The summed E-state index contributed by atoms with van der Waals surface area (Å²) in [6.07, 6.45) is 0. The van der Waals surface area contributed by atoms with Crippen molar-refractivity contribution < 1.29 is 9.53 Å². The number of thiazole rings is 1. The van der Waals surface area contributed by atoms with Crippen LogP contribution in [0.15, 0.2) is 16.6 Å². The van der Waals surface area contributed by atoms with Crippen molar-refractivity contribution in [3.8, 4) is 5.75 Å².